The van der Waals surface area contributed by atoms with Crippen LogP contribution >= 0.6 is 0 Å². The normalized spacial score (nSPS) is 24.4. The number of nitrogens with one attached hydrogen (secondary N) is 1. The van der Waals surface area contributed by atoms with Gasteiger partial charge in [0.25, 0.3) is 0 Å². The standard InChI is InChI=1S/C15H22FNO2/c1-4-17-15(12-7-10(2)19-9-12)11-5-6-14(18-3)13(16)8-11/h5-6,8,10,12,15,17H,4,7,9H2,1-3H3. The molecule has 1 aliphatic heterocycles. The Morgan fingerprint density at radius 2 is 2.32 bits per heavy atom. The largest absolute Gasteiger partial charge is 0.494 e. The molecule has 0 saturated carbocycles. The molecule has 3 atom stereocenters. The molecular weight excluding hydrogens is 245 g/mol. The third-order valence-corrected chi connectivity index (χ3v) is 3.66. The van der Waals surface area contributed by atoms with Crippen molar-refractivity contribution in [3.63, 3.8) is 0 Å². The first-order valence-corrected chi connectivity index (χ1v) is 6.84. The van der Waals surface area contributed by atoms with Gasteiger partial charge < -0.3 is 14.8 Å². The fraction of sp³-hybridized carbons (Fsp3) is 0.600. The van der Waals surface area contributed by atoms with Crippen molar-refractivity contribution in [1.82, 2.24) is 5.32 Å². The van der Waals surface area contributed by atoms with Gasteiger partial charge in [0.05, 0.1) is 19.8 Å². The van der Waals surface area contributed by atoms with Crippen molar-refractivity contribution in [2.75, 3.05) is 20.3 Å². The molecule has 4 heteroatoms. The molecule has 0 spiro atoms. The molecule has 19 heavy (non-hydrogen) atoms. The van der Waals surface area contributed by atoms with Gasteiger partial charge in [-0.3, -0.25) is 0 Å². The van der Waals surface area contributed by atoms with E-state index in [1.54, 1.807) is 12.1 Å². The Hall–Kier alpha value is -1.13. The van der Waals surface area contributed by atoms with Crippen LogP contribution in [-0.4, -0.2) is 26.4 Å². The van der Waals surface area contributed by atoms with E-state index >= 15 is 0 Å². The second-order valence-electron chi connectivity index (χ2n) is 5.07. The van der Waals surface area contributed by atoms with E-state index in [2.05, 4.69) is 19.2 Å². The lowest BCUT2D eigenvalue weighted by Crippen LogP contribution is -2.28. The maximum Gasteiger partial charge on any atom is 0.165 e. The van der Waals surface area contributed by atoms with Crippen LogP contribution in [0, 0.1) is 11.7 Å². The monoisotopic (exact) mass is 267 g/mol. The first kappa shape index (κ1) is 14.3. The van der Waals surface area contributed by atoms with Gasteiger partial charge in [-0.15, -0.1) is 0 Å². The molecule has 2 rings (SSSR count). The molecule has 1 heterocycles. The Balaban J connectivity index is 2.21. The highest BCUT2D eigenvalue weighted by Crippen LogP contribution is 2.33. The average Bonchev–Trinajstić information content (AvgIpc) is 2.82. The molecule has 1 aromatic rings. The molecule has 1 aliphatic rings. The van der Waals surface area contributed by atoms with Crippen molar-refractivity contribution in [3.05, 3.63) is 29.6 Å². The summed E-state index contributed by atoms with van der Waals surface area (Å²) >= 11 is 0. The lowest BCUT2D eigenvalue weighted by molar-refractivity contribution is 0.117. The van der Waals surface area contributed by atoms with Crippen LogP contribution < -0.4 is 10.1 Å². The number of benzene rings is 1. The second-order valence-corrected chi connectivity index (χ2v) is 5.07. The molecule has 1 fully saturated rings. The Bertz CT molecular complexity index is 425. The predicted molar refractivity (Wildman–Crippen MR) is 72.9 cm³/mol. The highest BCUT2D eigenvalue weighted by Gasteiger charge is 2.30. The van der Waals surface area contributed by atoms with Gasteiger partial charge in [0.2, 0.25) is 0 Å². The summed E-state index contributed by atoms with van der Waals surface area (Å²) in [6, 6.07) is 5.32. The number of methoxy groups -OCH3 is 1. The molecule has 0 aromatic heterocycles. The molecule has 0 aliphatic carbocycles. The zero-order valence-electron chi connectivity index (χ0n) is 11.8. The minimum atomic E-state index is -0.310. The molecule has 1 saturated heterocycles. The quantitative estimate of drug-likeness (QED) is 0.889. The van der Waals surface area contributed by atoms with Gasteiger partial charge in [0, 0.05) is 12.0 Å². The van der Waals surface area contributed by atoms with Crippen LogP contribution in [0.2, 0.25) is 0 Å². The van der Waals surface area contributed by atoms with Crippen molar-refractivity contribution in [3.8, 4) is 5.75 Å². The fourth-order valence-corrected chi connectivity index (χ4v) is 2.74. The molecule has 3 unspecified atom stereocenters. The summed E-state index contributed by atoms with van der Waals surface area (Å²) in [6.07, 6.45) is 1.29. The maximum absolute atomic E-state index is 13.8. The Kier molecular flexibility index (Phi) is 4.77. The summed E-state index contributed by atoms with van der Waals surface area (Å²) in [7, 11) is 1.48. The van der Waals surface area contributed by atoms with E-state index in [4.69, 9.17) is 9.47 Å². The van der Waals surface area contributed by atoms with Gasteiger partial charge in [-0.2, -0.15) is 0 Å². The number of halogens is 1. The zero-order chi connectivity index (χ0) is 13.8. The summed E-state index contributed by atoms with van der Waals surface area (Å²) in [5.41, 5.74) is 0.961. The topological polar surface area (TPSA) is 30.5 Å². The first-order valence-electron chi connectivity index (χ1n) is 6.84. The van der Waals surface area contributed by atoms with Crippen molar-refractivity contribution in [1.29, 1.82) is 0 Å². The average molecular weight is 267 g/mol. The summed E-state index contributed by atoms with van der Waals surface area (Å²) in [6.45, 7) is 5.72. The minimum absolute atomic E-state index is 0.135. The molecule has 1 aromatic carbocycles. The predicted octanol–water partition coefficient (Wildman–Crippen LogP) is 2.91. The van der Waals surface area contributed by atoms with Gasteiger partial charge >= 0.3 is 0 Å². The highest BCUT2D eigenvalue weighted by molar-refractivity contribution is 5.31. The van der Waals surface area contributed by atoms with Gasteiger partial charge in [0.15, 0.2) is 11.6 Å². The number of rotatable bonds is 5. The summed E-state index contributed by atoms with van der Waals surface area (Å²) < 4.78 is 24.4. The van der Waals surface area contributed by atoms with Gasteiger partial charge in [-0.05, 0) is 37.6 Å². The summed E-state index contributed by atoms with van der Waals surface area (Å²) in [4.78, 5) is 0. The maximum atomic E-state index is 13.8. The van der Waals surface area contributed by atoms with E-state index < -0.39 is 0 Å². The van der Waals surface area contributed by atoms with E-state index in [1.165, 1.54) is 7.11 Å². The molecule has 1 N–H and O–H groups in total. The lowest BCUT2D eigenvalue weighted by atomic mass is 9.91. The van der Waals surface area contributed by atoms with Crippen LogP contribution in [0.15, 0.2) is 18.2 Å². The van der Waals surface area contributed by atoms with Crippen molar-refractivity contribution in [2.45, 2.75) is 32.4 Å². The summed E-state index contributed by atoms with van der Waals surface area (Å²) in [5, 5.41) is 3.44. The van der Waals surface area contributed by atoms with Crippen LogP contribution in [0.3, 0.4) is 0 Å². The van der Waals surface area contributed by atoms with Crippen molar-refractivity contribution < 1.29 is 13.9 Å². The Morgan fingerprint density at radius 3 is 2.84 bits per heavy atom. The van der Waals surface area contributed by atoms with Gasteiger partial charge in [0.1, 0.15) is 0 Å². The fourth-order valence-electron chi connectivity index (χ4n) is 2.74. The van der Waals surface area contributed by atoms with E-state index in [9.17, 15) is 4.39 Å². The SMILES string of the molecule is CCNC(c1ccc(OC)c(F)c1)C1COC(C)C1. The molecule has 106 valence electrons. The van der Waals surface area contributed by atoms with Gasteiger partial charge in [-0.1, -0.05) is 13.0 Å². The molecule has 0 radical (unpaired) electrons. The second kappa shape index (κ2) is 6.35. The minimum Gasteiger partial charge on any atom is -0.494 e. The summed E-state index contributed by atoms with van der Waals surface area (Å²) in [5.74, 6) is 0.368. The van der Waals surface area contributed by atoms with Crippen LogP contribution in [0.25, 0.3) is 0 Å². The Morgan fingerprint density at radius 1 is 1.53 bits per heavy atom. The highest BCUT2D eigenvalue weighted by atomic mass is 19.1. The van der Waals surface area contributed by atoms with E-state index in [-0.39, 0.29) is 23.7 Å². The van der Waals surface area contributed by atoms with Crippen LogP contribution in [0.1, 0.15) is 31.9 Å². The third-order valence-electron chi connectivity index (χ3n) is 3.66. The molecule has 0 amide bonds. The van der Waals surface area contributed by atoms with Crippen molar-refractivity contribution >= 4 is 0 Å². The molecule has 3 nitrogen and oxygen atoms in total. The molecule has 0 bridgehead atoms. The van der Waals surface area contributed by atoms with Crippen LogP contribution in [0.5, 0.6) is 5.75 Å². The van der Waals surface area contributed by atoms with Crippen LogP contribution in [-0.2, 0) is 4.74 Å². The number of hydrogen-bond acceptors (Lipinski definition) is 3. The molecular formula is C15H22FNO2. The lowest BCUT2D eigenvalue weighted by Gasteiger charge is -2.24. The van der Waals surface area contributed by atoms with Crippen LogP contribution in [0.4, 0.5) is 4.39 Å². The zero-order valence-corrected chi connectivity index (χ0v) is 11.8. The number of hydrogen-bond donors (Lipinski definition) is 1. The smallest absolute Gasteiger partial charge is 0.165 e. The Labute approximate surface area is 114 Å². The van der Waals surface area contributed by atoms with Gasteiger partial charge in [-0.25, -0.2) is 4.39 Å². The third kappa shape index (κ3) is 3.25. The van der Waals surface area contributed by atoms with Crippen molar-refractivity contribution in [2.24, 2.45) is 5.92 Å². The van der Waals surface area contributed by atoms with E-state index in [1.807, 2.05) is 6.07 Å². The van der Waals surface area contributed by atoms with E-state index in [0.717, 1.165) is 25.1 Å². The first-order chi connectivity index (χ1) is 9.15. The number of ether oxygens (including phenoxy) is 2. The van der Waals surface area contributed by atoms with E-state index in [0.29, 0.717) is 5.92 Å².